The lowest BCUT2D eigenvalue weighted by atomic mass is 9.95. The third-order valence-electron chi connectivity index (χ3n) is 7.53. The fourth-order valence-electron chi connectivity index (χ4n) is 4.94. The van der Waals surface area contributed by atoms with Crippen LogP contribution in [0.4, 0.5) is 24.5 Å². The molecule has 1 N–H and O–H groups in total. The summed E-state index contributed by atoms with van der Waals surface area (Å²) in [6.45, 7) is 2.48. The molecule has 4 aromatic rings. The molecule has 8 nitrogen and oxygen atoms in total. The van der Waals surface area contributed by atoms with Crippen LogP contribution in [0.3, 0.4) is 0 Å². The highest BCUT2D eigenvalue weighted by atomic mass is 19.3. The minimum atomic E-state index is -2.57. The van der Waals surface area contributed by atoms with E-state index in [1.54, 1.807) is 22.8 Å². The van der Waals surface area contributed by atoms with Crippen molar-refractivity contribution in [3.63, 3.8) is 0 Å². The maximum atomic E-state index is 13.6. The van der Waals surface area contributed by atoms with Gasteiger partial charge in [-0.15, -0.1) is 0 Å². The van der Waals surface area contributed by atoms with Crippen molar-refractivity contribution in [2.45, 2.75) is 37.8 Å². The number of nitrogens with one attached hydrogen (secondary N) is 1. The Kier molecular flexibility index (Phi) is 4.21. The van der Waals surface area contributed by atoms with E-state index < -0.39 is 17.5 Å². The molecule has 2 aliphatic carbocycles. The van der Waals surface area contributed by atoms with Crippen molar-refractivity contribution in [2.75, 3.05) is 23.3 Å². The van der Waals surface area contributed by atoms with Gasteiger partial charge in [0.05, 0.1) is 28.6 Å². The molecule has 4 heterocycles. The van der Waals surface area contributed by atoms with Gasteiger partial charge in [-0.25, -0.2) is 17.7 Å². The zero-order valence-electron chi connectivity index (χ0n) is 19.2. The molecule has 3 aromatic heterocycles. The Morgan fingerprint density at radius 2 is 2.00 bits per heavy atom. The maximum Gasteiger partial charge on any atom is 0.259 e. The molecule has 3 fully saturated rings. The van der Waals surface area contributed by atoms with Crippen molar-refractivity contribution in [1.29, 1.82) is 0 Å². The van der Waals surface area contributed by atoms with Gasteiger partial charge in [-0.2, -0.15) is 10.1 Å². The SMILES string of the molecule is Cc1ccc(-c2noc([C@H]3C[C@@H]3F)n2)cc1NC(=O)c1cnn2ccc(N3CC4(C3)CC4(F)F)cc12. The Hall–Kier alpha value is -3.89. The van der Waals surface area contributed by atoms with Crippen LogP contribution in [0.15, 0.2) is 47.2 Å². The summed E-state index contributed by atoms with van der Waals surface area (Å²) in [7, 11) is 0. The number of alkyl halides is 3. The first-order valence-electron chi connectivity index (χ1n) is 11.7. The molecule has 1 aliphatic heterocycles. The molecule has 2 atom stereocenters. The van der Waals surface area contributed by atoms with Crippen molar-refractivity contribution < 1.29 is 22.5 Å². The van der Waals surface area contributed by atoms with E-state index in [-0.39, 0.29) is 24.1 Å². The molecular formula is C25H21F3N6O2. The molecule has 2 saturated carbocycles. The van der Waals surface area contributed by atoms with Gasteiger partial charge in [0.15, 0.2) is 0 Å². The van der Waals surface area contributed by atoms with Crippen LogP contribution in [0.25, 0.3) is 16.9 Å². The van der Waals surface area contributed by atoms with Gasteiger partial charge in [-0.3, -0.25) is 4.79 Å². The van der Waals surface area contributed by atoms with Gasteiger partial charge in [0.25, 0.3) is 11.8 Å². The Morgan fingerprint density at radius 1 is 1.22 bits per heavy atom. The van der Waals surface area contributed by atoms with E-state index in [0.29, 0.717) is 47.7 Å². The zero-order chi connectivity index (χ0) is 24.8. The topological polar surface area (TPSA) is 88.6 Å². The van der Waals surface area contributed by atoms with Crippen LogP contribution < -0.4 is 10.2 Å². The van der Waals surface area contributed by atoms with Gasteiger partial charge in [0.2, 0.25) is 11.7 Å². The average Bonchev–Trinajstić information content (AvgIpc) is 3.48. The van der Waals surface area contributed by atoms with Crippen LogP contribution in [0.2, 0.25) is 0 Å². The number of carbonyl (C=O) groups excluding carboxylic acids is 1. The first-order valence-corrected chi connectivity index (χ1v) is 11.7. The second kappa shape index (κ2) is 7.08. The fraction of sp³-hybridized carbons (Fsp3) is 0.360. The second-order valence-electron chi connectivity index (χ2n) is 10.1. The number of halogens is 3. The molecule has 0 unspecified atom stereocenters. The van der Waals surface area contributed by atoms with E-state index >= 15 is 0 Å². The quantitative estimate of drug-likeness (QED) is 0.436. The highest BCUT2D eigenvalue weighted by Crippen LogP contribution is 2.65. The Morgan fingerprint density at radius 3 is 2.72 bits per heavy atom. The summed E-state index contributed by atoms with van der Waals surface area (Å²) in [4.78, 5) is 19.4. The molecule has 184 valence electrons. The minimum Gasteiger partial charge on any atom is -0.370 e. The lowest BCUT2D eigenvalue weighted by molar-refractivity contribution is 0.0520. The molecule has 1 spiro atoms. The maximum absolute atomic E-state index is 13.6. The Labute approximate surface area is 203 Å². The van der Waals surface area contributed by atoms with Crippen LogP contribution in [-0.4, -0.2) is 50.8 Å². The summed E-state index contributed by atoms with van der Waals surface area (Å²) in [6, 6.07) is 9.00. The molecule has 1 saturated heterocycles. The van der Waals surface area contributed by atoms with E-state index in [4.69, 9.17) is 4.52 Å². The molecule has 1 amide bonds. The Balaban J connectivity index is 1.12. The number of fused-ring (bicyclic) bond motifs is 1. The van der Waals surface area contributed by atoms with E-state index in [9.17, 15) is 18.0 Å². The number of amides is 1. The van der Waals surface area contributed by atoms with Gasteiger partial charge in [0.1, 0.15) is 6.17 Å². The molecule has 11 heteroatoms. The summed E-state index contributed by atoms with van der Waals surface area (Å²) in [5.41, 5.74) is 2.86. The van der Waals surface area contributed by atoms with Gasteiger partial charge in [-0.05, 0) is 37.1 Å². The molecule has 0 radical (unpaired) electrons. The molecule has 3 aliphatic rings. The molecule has 36 heavy (non-hydrogen) atoms. The fourth-order valence-corrected chi connectivity index (χ4v) is 4.94. The number of carbonyl (C=O) groups is 1. The first-order chi connectivity index (χ1) is 17.2. The van der Waals surface area contributed by atoms with Gasteiger partial charge in [0, 0.05) is 42.6 Å². The second-order valence-corrected chi connectivity index (χ2v) is 10.1. The van der Waals surface area contributed by atoms with E-state index in [0.717, 1.165) is 11.3 Å². The third-order valence-corrected chi connectivity index (χ3v) is 7.53. The average molecular weight is 494 g/mol. The predicted molar refractivity (Wildman–Crippen MR) is 124 cm³/mol. The number of rotatable bonds is 5. The number of aromatic nitrogens is 4. The van der Waals surface area contributed by atoms with Crippen LogP contribution in [0.1, 0.15) is 40.6 Å². The number of hydrogen-bond acceptors (Lipinski definition) is 6. The van der Waals surface area contributed by atoms with Crippen LogP contribution in [-0.2, 0) is 0 Å². The third kappa shape index (κ3) is 3.21. The standard InChI is InChI=1S/C25H21F3N6O2/c1-13-2-3-14(21-31-23(36-32-21)16-8-18(16)26)6-19(13)30-22(35)17-9-29-34-5-4-15(7-20(17)34)33-11-24(12-33)10-25(24,27)28/h2-7,9,16,18H,8,10-12H2,1H3,(H,30,35)/t16-,18-/m0/s1. The van der Waals surface area contributed by atoms with Gasteiger partial charge in [-0.1, -0.05) is 17.3 Å². The van der Waals surface area contributed by atoms with Crippen molar-refractivity contribution >= 4 is 22.8 Å². The summed E-state index contributed by atoms with van der Waals surface area (Å²) in [6.07, 6.45) is 2.60. The van der Waals surface area contributed by atoms with E-state index in [1.807, 2.05) is 30.0 Å². The van der Waals surface area contributed by atoms with Crippen molar-refractivity contribution in [3.8, 4) is 11.4 Å². The van der Waals surface area contributed by atoms with Crippen molar-refractivity contribution in [3.05, 3.63) is 59.7 Å². The number of anilines is 2. The highest BCUT2D eigenvalue weighted by Gasteiger charge is 2.75. The molecule has 0 bridgehead atoms. The lowest BCUT2D eigenvalue weighted by Crippen LogP contribution is -2.51. The monoisotopic (exact) mass is 494 g/mol. The van der Waals surface area contributed by atoms with Crippen LogP contribution >= 0.6 is 0 Å². The zero-order valence-corrected chi connectivity index (χ0v) is 19.2. The molecular weight excluding hydrogens is 473 g/mol. The first kappa shape index (κ1) is 21.4. The number of nitrogens with zero attached hydrogens (tertiary/aromatic N) is 5. The van der Waals surface area contributed by atoms with E-state index in [1.165, 1.54) is 6.20 Å². The van der Waals surface area contributed by atoms with Gasteiger partial charge >= 0.3 is 0 Å². The van der Waals surface area contributed by atoms with E-state index in [2.05, 4.69) is 20.6 Å². The summed E-state index contributed by atoms with van der Waals surface area (Å²) in [5, 5.41) is 11.1. The van der Waals surface area contributed by atoms with Crippen molar-refractivity contribution in [2.24, 2.45) is 5.41 Å². The molecule has 7 rings (SSSR count). The number of benzene rings is 1. The summed E-state index contributed by atoms with van der Waals surface area (Å²) < 4.78 is 47.3. The Bertz CT molecular complexity index is 1540. The van der Waals surface area contributed by atoms with Crippen LogP contribution in [0, 0.1) is 12.3 Å². The normalized spacial score (nSPS) is 23.1. The van der Waals surface area contributed by atoms with Crippen molar-refractivity contribution in [1.82, 2.24) is 19.8 Å². The summed E-state index contributed by atoms with van der Waals surface area (Å²) >= 11 is 0. The largest absolute Gasteiger partial charge is 0.370 e. The smallest absolute Gasteiger partial charge is 0.259 e. The van der Waals surface area contributed by atoms with Crippen LogP contribution in [0.5, 0.6) is 0 Å². The lowest BCUT2D eigenvalue weighted by Gasteiger charge is -2.41. The molecule has 1 aromatic carbocycles. The number of aryl methyl sites for hydroxylation is 1. The number of hydrogen-bond donors (Lipinski definition) is 1. The summed E-state index contributed by atoms with van der Waals surface area (Å²) in [5.74, 6) is -2.65. The number of pyridine rings is 1. The minimum absolute atomic E-state index is 0.0559. The van der Waals surface area contributed by atoms with Gasteiger partial charge < -0.3 is 14.7 Å². The predicted octanol–water partition coefficient (Wildman–Crippen LogP) is 4.62. The highest BCUT2D eigenvalue weighted by molar-refractivity contribution is 6.09.